The van der Waals surface area contributed by atoms with Gasteiger partial charge in [0.25, 0.3) is 0 Å². The van der Waals surface area contributed by atoms with Crippen LogP contribution in [0.1, 0.15) is 44.1 Å². The Morgan fingerprint density at radius 2 is 1.88 bits per heavy atom. The zero-order valence-electron chi connectivity index (χ0n) is 15.1. The van der Waals surface area contributed by atoms with E-state index in [4.69, 9.17) is 0 Å². The van der Waals surface area contributed by atoms with E-state index < -0.39 is 0 Å². The number of nitriles is 1. The molecule has 136 valence electrons. The van der Waals surface area contributed by atoms with Crippen LogP contribution in [0, 0.1) is 11.3 Å². The van der Waals surface area contributed by atoms with Gasteiger partial charge >= 0.3 is 0 Å². The zero-order valence-corrected chi connectivity index (χ0v) is 15.1. The number of fused-ring (bicyclic) bond motifs is 1. The molecular formula is C21H26N4O. The lowest BCUT2D eigenvalue weighted by molar-refractivity contribution is 0.00994. The van der Waals surface area contributed by atoms with Crippen molar-refractivity contribution in [3.63, 3.8) is 0 Å². The highest BCUT2D eigenvalue weighted by atomic mass is 16.3. The molecule has 0 radical (unpaired) electrons. The number of para-hydroxylation sites is 1. The van der Waals surface area contributed by atoms with E-state index in [9.17, 15) is 10.4 Å². The number of anilines is 1. The van der Waals surface area contributed by atoms with Crippen molar-refractivity contribution in [2.24, 2.45) is 0 Å². The van der Waals surface area contributed by atoms with Crippen LogP contribution in [0.3, 0.4) is 0 Å². The van der Waals surface area contributed by atoms with Crippen LogP contribution >= 0.6 is 0 Å². The fraction of sp³-hybridized carbons (Fsp3) is 0.524. The van der Waals surface area contributed by atoms with E-state index in [2.05, 4.69) is 21.3 Å². The van der Waals surface area contributed by atoms with Gasteiger partial charge in [-0.2, -0.15) is 5.26 Å². The third-order valence-corrected chi connectivity index (χ3v) is 5.94. The van der Waals surface area contributed by atoms with Crippen molar-refractivity contribution in [2.45, 2.75) is 56.7 Å². The van der Waals surface area contributed by atoms with Crippen LogP contribution in [0.4, 0.5) is 5.69 Å². The fourth-order valence-electron chi connectivity index (χ4n) is 4.48. The van der Waals surface area contributed by atoms with Crippen molar-refractivity contribution in [1.82, 2.24) is 9.88 Å². The topological polar surface area (TPSA) is 72.2 Å². The number of likely N-dealkylation sites (tertiary alicyclic amines) is 1. The number of aliphatic hydroxyl groups is 1. The number of nitrogens with zero attached hydrogens (tertiary/aromatic N) is 3. The maximum absolute atomic E-state index is 10.3. The fourth-order valence-corrected chi connectivity index (χ4v) is 4.48. The number of benzene rings is 1. The van der Waals surface area contributed by atoms with E-state index in [-0.39, 0.29) is 6.10 Å². The summed E-state index contributed by atoms with van der Waals surface area (Å²) in [7, 11) is 0. The van der Waals surface area contributed by atoms with Gasteiger partial charge in [0.2, 0.25) is 0 Å². The monoisotopic (exact) mass is 350 g/mol. The first-order chi connectivity index (χ1) is 12.8. The van der Waals surface area contributed by atoms with Gasteiger partial charge in [0.1, 0.15) is 6.07 Å². The molecule has 5 heteroatoms. The van der Waals surface area contributed by atoms with Crippen molar-refractivity contribution >= 4 is 16.6 Å². The molecule has 1 aromatic heterocycles. The second-order valence-electron chi connectivity index (χ2n) is 7.55. The number of nitrogens with one attached hydrogen (secondary N) is 1. The molecule has 2 N–H and O–H groups in total. The highest BCUT2D eigenvalue weighted by molar-refractivity contribution is 5.93. The summed E-state index contributed by atoms with van der Waals surface area (Å²) >= 11 is 0. The van der Waals surface area contributed by atoms with Crippen LogP contribution in [0.5, 0.6) is 0 Å². The molecule has 2 aromatic rings. The largest absolute Gasteiger partial charge is 0.391 e. The van der Waals surface area contributed by atoms with Crippen LogP contribution < -0.4 is 5.32 Å². The summed E-state index contributed by atoms with van der Waals surface area (Å²) in [4.78, 5) is 6.86. The number of aliphatic hydroxyl groups excluding tert-OH is 1. The molecule has 5 nitrogen and oxygen atoms in total. The second-order valence-corrected chi connectivity index (χ2v) is 7.55. The number of piperidine rings is 1. The van der Waals surface area contributed by atoms with Crippen LogP contribution in [-0.2, 0) is 0 Å². The van der Waals surface area contributed by atoms with Crippen LogP contribution in [0.25, 0.3) is 10.9 Å². The lowest BCUT2D eigenvalue weighted by Gasteiger charge is -2.42. The van der Waals surface area contributed by atoms with E-state index in [0.717, 1.165) is 61.8 Å². The van der Waals surface area contributed by atoms with Gasteiger partial charge in [0.15, 0.2) is 0 Å². The zero-order chi connectivity index (χ0) is 17.9. The molecule has 2 unspecified atom stereocenters. The number of hydrogen-bond acceptors (Lipinski definition) is 5. The summed E-state index contributed by atoms with van der Waals surface area (Å²) in [6.07, 6.45) is 8.01. The van der Waals surface area contributed by atoms with E-state index in [1.165, 1.54) is 6.42 Å². The maximum Gasteiger partial charge on any atom is 0.103 e. The molecule has 1 aliphatic carbocycles. The predicted molar refractivity (Wildman–Crippen MR) is 103 cm³/mol. The molecule has 0 amide bonds. The van der Waals surface area contributed by atoms with Gasteiger partial charge < -0.3 is 10.4 Å². The lowest BCUT2D eigenvalue weighted by atomic mass is 9.89. The Balaban J connectivity index is 1.46. The molecule has 0 spiro atoms. The minimum absolute atomic E-state index is 0.164. The molecule has 1 aromatic carbocycles. The van der Waals surface area contributed by atoms with Crippen molar-refractivity contribution < 1.29 is 5.11 Å². The molecule has 1 saturated carbocycles. The highest BCUT2D eigenvalue weighted by Crippen LogP contribution is 2.30. The minimum Gasteiger partial charge on any atom is -0.391 e. The van der Waals surface area contributed by atoms with Gasteiger partial charge in [0, 0.05) is 36.8 Å². The molecule has 26 heavy (non-hydrogen) atoms. The summed E-state index contributed by atoms with van der Waals surface area (Å²) in [6.45, 7) is 2.01. The first-order valence-electron chi connectivity index (χ1n) is 9.73. The van der Waals surface area contributed by atoms with Gasteiger partial charge in [-0.1, -0.05) is 31.0 Å². The van der Waals surface area contributed by atoms with E-state index in [1.807, 2.05) is 24.3 Å². The number of rotatable bonds is 3. The number of pyridine rings is 1. The molecule has 2 heterocycles. The average Bonchev–Trinajstić information content (AvgIpc) is 2.69. The minimum atomic E-state index is -0.164. The van der Waals surface area contributed by atoms with Crippen LogP contribution in [0.15, 0.2) is 30.5 Å². The molecule has 2 aliphatic rings. The summed E-state index contributed by atoms with van der Waals surface area (Å²) in [5.74, 6) is 0. The first-order valence-corrected chi connectivity index (χ1v) is 9.73. The Hall–Kier alpha value is -2.16. The van der Waals surface area contributed by atoms with Crippen LogP contribution in [0.2, 0.25) is 0 Å². The summed E-state index contributed by atoms with van der Waals surface area (Å²) in [5.41, 5.74) is 2.43. The molecule has 2 atom stereocenters. The van der Waals surface area contributed by atoms with Gasteiger partial charge in [-0.25, -0.2) is 0 Å². The average molecular weight is 350 g/mol. The molecule has 1 aliphatic heterocycles. The standard InChI is InChI=1S/C21H26N4O/c22-13-15-14-23-18-6-2-1-5-17(18)21(15)24-16-9-11-25(12-10-16)19-7-3-4-8-20(19)26/h1-2,5-6,14,16,19-20,26H,3-4,7-12H2,(H,23,24). The van der Waals surface area contributed by atoms with Crippen molar-refractivity contribution in [1.29, 1.82) is 5.26 Å². The van der Waals surface area contributed by atoms with E-state index >= 15 is 0 Å². The quantitative estimate of drug-likeness (QED) is 0.889. The normalized spacial score (nSPS) is 25.1. The third-order valence-electron chi connectivity index (χ3n) is 5.94. The van der Waals surface area contributed by atoms with Gasteiger partial charge in [-0.3, -0.25) is 9.88 Å². The second kappa shape index (κ2) is 7.61. The molecule has 1 saturated heterocycles. The third kappa shape index (κ3) is 3.40. The SMILES string of the molecule is N#Cc1cnc2ccccc2c1NC1CCN(C2CCCCC2O)CC1. The predicted octanol–water partition coefficient (Wildman–Crippen LogP) is 3.29. The molecule has 2 fully saturated rings. The Morgan fingerprint density at radius 1 is 1.12 bits per heavy atom. The Bertz CT molecular complexity index is 807. The number of aromatic nitrogens is 1. The summed E-state index contributed by atoms with van der Waals surface area (Å²) < 4.78 is 0. The number of hydrogen-bond donors (Lipinski definition) is 2. The van der Waals surface area contributed by atoms with Gasteiger partial charge in [-0.05, 0) is 31.7 Å². The first kappa shape index (κ1) is 17.3. The summed E-state index contributed by atoms with van der Waals surface area (Å²) in [5, 5.41) is 24.4. The van der Waals surface area contributed by atoms with Crippen molar-refractivity contribution in [2.75, 3.05) is 18.4 Å². The van der Waals surface area contributed by atoms with Gasteiger partial charge in [0.05, 0.1) is 22.9 Å². The smallest absolute Gasteiger partial charge is 0.103 e. The van der Waals surface area contributed by atoms with Crippen molar-refractivity contribution in [3.8, 4) is 6.07 Å². The van der Waals surface area contributed by atoms with Crippen molar-refractivity contribution in [3.05, 3.63) is 36.0 Å². The lowest BCUT2D eigenvalue weighted by Crippen LogP contribution is -2.50. The van der Waals surface area contributed by atoms with Crippen LogP contribution in [-0.4, -0.2) is 46.3 Å². The maximum atomic E-state index is 10.3. The molecule has 0 bridgehead atoms. The summed E-state index contributed by atoms with van der Waals surface area (Å²) in [6, 6.07) is 10.9. The highest BCUT2D eigenvalue weighted by Gasteiger charge is 2.31. The molecule has 4 rings (SSSR count). The Morgan fingerprint density at radius 3 is 2.65 bits per heavy atom. The molecular weight excluding hydrogens is 324 g/mol. The van der Waals surface area contributed by atoms with Gasteiger partial charge in [-0.15, -0.1) is 0 Å². The Labute approximate surface area is 154 Å². The van der Waals surface area contributed by atoms with E-state index in [1.54, 1.807) is 6.20 Å². The Kier molecular flexibility index (Phi) is 5.05. The van der Waals surface area contributed by atoms with E-state index in [0.29, 0.717) is 17.6 Å².